The summed E-state index contributed by atoms with van der Waals surface area (Å²) in [7, 11) is 0. The summed E-state index contributed by atoms with van der Waals surface area (Å²) >= 11 is 0. The molecule has 0 aliphatic rings. The first-order valence-electron chi connectivity index (χ1n) is 5.61. The molecule has 0 aliphatic heterocycles. The summed E-state index contributed by atoms with van der Waals surface area (Å²) in [6.45, 7) is 2.18. The van der Waals surface area contributed by atoms with E-state index in [-0.39, 0.29) is 11.8 Å². The van der Waals surface area contributed by atoms with Crippen molar-refractivity contribution in [1.29, 1.82) is 0 Å². The van der Waals surface area contributed by atoms with Crippen molar-refractivity contribution in [1.82, 2.24) is 14.8 Å². The molecule has 1 aromatic heterocycles. The Morgan fingerprint density at radius 2 is 2.28 bits per heavy atom. The zero-order valence-electron chi connectivity index (χ0n) is 10.1. The highest BCUT2D eigenvalue weighted by Gasteiger charge is 2.11. The van der Waals surface area contributed by atoms with E-state index in [1.807, 2.05) is 12.1 Å². The van der Waals surface area contributed by atoms with Crippen LogP contribution in [0.2, 0.25) is 0 Å². The van der Waals surface area contributed by atoms with Crippen LogP contribution < -0.4 is 11.5 Å². The minimum Gasteiger partial charge on any atom is -0.399 e. The van der Waals surface area contributed by atoms with Gasteiger partial charge in [0, 0.05) is 11.3 Å². The van der Waals surface area contributed by atoms with E-state index in [1.165, 1.54) is 0 Å². The number of benzene rings is 1. The lowest BCUT2D eigenvalue weighted by Gasteiger charge is -2.05. The van der Waals surface area contributed by atoms with Gasteiger partial charge in [-0.25, -0.2) is 4.98 Å². The quantitative estimate of drug-likeness (QED) is 0.772. The molecule has 0 aliphatic carbocycles. The molecule has 0 saturated carbocycles. The minimum atomic E-state index is -0.351. The van der Waals surface area contributed by atoms with E-state index in [1.54, 1.807) is 30.1 Å². The van der Waals surface area contributed by atoms with Crippen LogP contribution in [0.25, 0.3) is 11.4 Å². The fourth-order valence-electron chi connectivity index (χ4n) is 1.56. The Morgan fingerprint density at radius 3 is 2.94 bits per heavy atom. The molecule has 0 spiro atoms. The number of carbonyl (C=O) groups is 1. The molecule has 0 fully saturated rings. The van der Waals surface area contributed by atoms with Crippen molar-refractivity contribution in [2.45, 2.75) is 13.5 Å². The number of nitrogens with two attached hydrogens (primary N) is 2. The molecule has 1 heterocycles. The van der Waals surface area contributed by atoms with E-state index in [9.17, 15) is 4.79 Å². The van der Waals surface area contributed by atoms with Gasteiger partial charge in [0.05, 0.1) is 12.5 Å². The first kappa shape index (κ1) is 12.1. The van der Waals surface area contributed by atoms with Crippen molar-refractivity contribution in [2.24, 2.45) is 11.7 Å². The highest BCUT2D eigenvalue weighted by atomic mass is 16.1. The molecule has 1 unspecified atom stereocenters. The lowest BCUT2D eigenvalue weighted by Crippen LogP contribution is -2.24. The van der Waals surface area contributed by atoms with E-state index in [0.717, 1.165) is 5.56 Å². The van der Waals surface area contributed by atoms with Crippen LogP contribution in [-0.2, 0) is 11.3 Å². The van der Waals surface area contributed by atoms with Gasteiger partial charge in [0.15, 0.2) is 5.82 Å². The Bertz CT molecular complexity index is 563. The van der Waals surface area contributed by atoms with Gasteiger partial charge in [-0.3, -0.25) is 9.48 Å². The van der Waals surface area contributed by atoms with Gasteiger partial charge in [-0.05, 0) is 12.1 Å². The van der Waals surface area contributed by atoms with E-state index < -0.39 is 0 Å². The van der Waals surface area contributed by atoms with Gasteiger partial charge in [0.2, 0.25) is 5.91 Å². The molecule has 6 nitrogen and oxygen atoms in total. The summed E-state index contributed by atoms with van der Waals surface area (Å²) in [5.41, 5.74) is 12.4. The normalized spacial score (nSPS) is 12.3. The Hall–Kier alpha value is -2.37. The van der Waals surface area contributed by atoms with Gasteiger partial charge < -0.3 is 11.5 Å². The minimum absolute atomic E-state index is 0.277. The number of aromatic nitrogens is 3. The highest BCUT2D eigenvalue weighted by Crippen LogP contribution is 2.17. The Labute approximate surface area is 105 Å². The first-order valence-corrected chi connectivity index (χ1v) is 5.61. The molecule has 1 atom stereocenters. The second kappa shape index (κ2) is 4.87. The Kier molecular flexibility index (Phi) is 3.27. The maximum Gasteiger partial charge on any atom is 0.222 e. The van der Waals surface area contributed by atoms with Crippen LogP contribution in [0.5, 0.6) is 0 Å². The second-order valence-corrected chi connectivity index (χ2v) is 4.22. The molecule has 0 bridgehead atoms. The zero-order valence-corrected chi connectivity index (χ0v) is 10.1. The highest BCUT2D eigenvalue weighted by molar-refractivity contribution is 5.76. The molecule has 1 aromatic carbocycles. The molecule has 18 heavy (non-hydrogen) atoms. The van der Waals surface area contributed by atoms with Crippen LogP contribution in [0.4, 0.5) is 5.69 Å². The van der Waals surface area contributed by atoms with Crippen molar-refractivity contribution in [3.05, 3.63) is 30.6 Å². The maximum absolute atomic E-state index is 11.0. The second-order valence-electron chi connectivity index (χ2n) is 4.22. The van der Waals surface area contributed by atoms with Crippen molar-refractivity contribution >= 4 is 11.6 Å². The van der Waals surface area contributed by atoms with E-state index in [0.29, 0.717) is 18.1 Å². The summed E-state index contributed by atoms with van der Waals surface area (Å²) in [6, 6.07) is 7.33. The maximum atomic E-state index is 11.0. The van der Waals surface area contributed by atoms with Crippen LogP contribution in [0.3, 0.4) is 0 Å². The number of hydrogen-bond acceptors (Lipinski definition) is 4. The Balaban J connectivity index is 2.18. The molecule has 1 amide bonds. The smallest absolute Gasteiger partial charge is 0.222 e. The first-order chi connectivity index (χ1) is 8.56. The fraction of sp³-hybridized carbons (Fsp3) is 0.250. The van der Waals surface area contributed by atoms with Crippen molar-refractivity contribution in [3.63, 3.8) is 0 Å². The van der Waals surface area contributed by atoms with Gasteiger partial charge >= 0.3 is 0 Å². The summed E-state index contributed by atoms with van der Waals surface area (Å²) in [5, 5.41) is 4.29. The lowest BCUT2D eigenvalue weighted by atomic mass is 10.2. The van der Waals surface area contributed by atoms with Gasteiger partial charge in [-0.2, -0.15) is 5.10 Å². The van der Waals surface area contributed by atoms with E-state index in [2.05, 4.69) is 10.1 Å². The third-order valence-corrected chi connectivity index (χ3v) is 2.63. The largest absolute Gasteiger partial charge is 0.399 e. The molecule has 0 radical (unpaired) electrons. The fourth-order valence-corrected chi connectivity index (χ4v) is 1.56. The van der Waals surface area contributed by atoms with E-state index >= 15 is 0 Å². The van der Waals surface area contributed by atoms with Crippen molar-refractivity contribution in [3.8, 4) is 11.4 Å². The average Bonchev–Trinajstić information content (AvgIpc) is 2.77. The zero-order chi connectivity index (χ0) is 13.1. The standard InChI is InChI=1S/C12H15N5O/c1-8(11(14)18)6-17-7-15-12(16-17)9-3-2-4-10(13)5-9/h2-5,7-8H,6,13H2,1H3,(H2,14,18). The molecule has 94 valence electrons. The topological polar surface area (TPSA) is 99.8 Å². The molecular weight excluding hydrogens is 230 g/mol. The number of nitrogens with zero attached hydrogens (tertiary/aromatic N) is 3. The van der Waals surface area contributed by atoms with Crippen LogP contribution in [0.15, 0.2) is 30.6 Å². The summed E-state index contributed by atoms with van der Waals surface area (Å²) in [5.74, 6) is -0.0460. The third kappa shape index (κ3) is 2.65. The number of hydrogen-bond donors (Lipinski definition) is 2. The van der Waals surface area contributed by atoms with Crippen LogP contribution in [0.1, 0.15) is 6.92 Å². The van der Waals surface area contributed by atoms with Crippen molar-refractivity contribution < 1.29 is 4.79 Å². The third-order valence-electron chi connectivity index (χ3n) is 2.63. The molecular formula is C12H15N5O. The lowest BCUT2D eigenvalue weighted by molar-refractivity contribution is -0.121. The predicted octanol–water partition coefficient (Wildman–Crippen LogP) is 0.649. The van der Waals surface area contributed by atoms with E-state index in [4.69, 9.17) is 11.5 Å². The van der Waals surface area contributed by atoms with Crippen LogP contribution >= 0.6 is 0 Å². The SMILES string of the molecule is CC(Cn1cnc(-c2cccc(N)c2)n1)C(N)=O. The number of primary amides is 1. The molecule has 6 heteroatoms. The van der Waals surface area contributed by atoms with Crippen molar-refractivity contribution in [2.75, 3.05) is 5.73 Å². The van der Waals surface area contributed by atoms with Crippen LogP contribution in [0, 0.1) is 5.92 Å². The number of amides is 1. The monoisotopic (exact) mass is 245 g/mol. The van der Waals surface area contributed by atoms with Gasteiger partial charge in [0.25, 0.3) is 0 Å². The summed E-state index contributed by atoms with van der Waals surface area (Å²) < 4.78 is 1.61. The number of nitrogen functional groups attached to an aromatic ring is 1. The number of carbonyl (C=O) groups excluding carboxylic acids is 1. The van der Waals surface area contributed by atoms with Gasteiger partial charge in [-0.1, -0.05) is 19.1 Å². The number of rotatable bonds is 4. The Morgan fingerprint density at radius 1 is 1.50 bits per heavy atom. The summed E-state index contributed by atoms with van der Waals surface area (Å²) in [4.78, 5) is 15.2. The molecule has 2 aromatic rings. The summed E-state index contributed by atoms with van der Waals surface area (Å²) in [6.07, 6.45) is 1.58. The predicted molar refractivity (Wildman–Crippen MR) is 68.2 cm³/mol. The van der Waals surface area contributed by atoms with Gasteiger partial charge in [-0.15, -0.1) is 0 Å². The molecule has 2 rings (SSSR count). The van der Waals surface area contributed by atoms with Gasteiger partial charge in [0.1, 0.15) is 6.33 Å². The number of anilines is 1. The average molecular weight is 245 g/mol. The molecule has 4 N–H and O–H groups in total. The molecule has 0 saturated heterocycles. The van der Waals surface area contributed by atoms with Crippen LogP contribution in [-0.4, -0.2) is 20.7 Å².